The van der Waals surface area contributed by atoms with E-state index in [0.29, 0.717) is 10.6 Å². The lowest BCUT2D eigenvalue weighted by Crippen LogP contribution is -1.99. The van der Waals surface area contributed by atoms with E-state index in [0.717, 1.165) is 15.0 Å². The zero-order chi connectivity index (χ0) is 13.3. The van der Waals surface area contributed by atoms with E-state index in [2.05, 4.69) is 20.9 Å². The molecule has 0 fully saturated rings. The van der Waals surface area contributed by atoms with E-state index in [-0.39, 0.29) is 5.97 Å². The average molecular weight is 326 g/mol. The summed E-state index contributed by atoms with van der Waals surface area (Å²) >= 11 is 4.87. The first-order valence-corrected chi connectivity index (χ1v) is 6.96. The van der Waals surface area contributed by atoms with Crippen LogP contribution < -0.4 is 0 Å². The fourth-order valence-corrected chi connectivity index (χ4v) is 3.42. The van der Waals surface area contributed by atoms with Gasteiger partial charge in [-0.2, -0.15) is 0 Å². The molecule has 0 aliphatic rings. The van der Waals surface area contributed by atoms with Crippen molar-refractivity contribution in [2.24, 2.45) is 0 Å². The van der Waals surface area contributed by atoms with Crippen molar-refractivity contribution in [2.75, 3.05) is 7.11 Å². The van der Waals surface area contributed by atoms with E-state index in [1.165, 1.54) is 24.0 Å². The van der Waals surface area contributed by atoms with E-state index in [1.54, 1.807) is 0 Å². The van der Waals surface area contributed by atoms with E-state index < -0.39 is 0 Å². The minimum Gasteiger partial charge on any atom is -0.465 e. The van der Waals surface area contributed by atoms with Gasteiger partial charge in [-0.1, -0.05) is 28.1 Å². The Hall–Kier alpha value is -1.20. The molecule has 0 atom stereocenters. The summed E-state index contributed by atoms with van der Waals surface area (Å²) in [6.07, 6.45) is 0. The normalized spacial score (nSPS) is 10.4. The minimum absolute atomic E-state index is 0.334. The van der Waals surface area contributed by atoms with Crippen LogP contribution in [-0.4, -0.2) is 18.1 Å². The van der Waals surface area contributed by atoms with Crippen LogP contribution in [0.3, 0.4) is 0 Å². The van der Waals surface area contributed by atoms with Gasteiger partial charge in [-0.05, 0) is 25.5 Å². The molecule has 0 aliphatic carbocycles. The molecule has 2 aromatic rings. The molecule has 0 saturated heterocycles. The van der Waals surface area contributed by atoms with E-state index in [4.69, 9.17) is 4.74 Å². The molecule has 94 valence electrons. The van der Waals surface area contributed by atoms with E-state index in [9.17, 15) is 4.79 Å². The molecule has 0 radical (unpaired) electrons. The summed E-state index contributed by atoms with van der Waals surface area (Å²) in [5, 5.41) is 0.819. The molecule has 0 spiro atoms. The Balaban J connectivity index is 2.49. The van der Waals surface area contributed by atoms with Gasteiger partial charge in [0.25, 0.3) is 0 Å². The van der Waals surface area contributed by atoms with Crippen molar-refractivity contribution < 1.29 is 9.53 Å². The average Bonchev–Trinajstić information content (AvgIpc) is 2.70. The Kier molecular flexibility index (Phi) is 3.82. The second-order valence-corrected chi connectivity index (χ2v) is 5.76. The molecular weight excluding hydrogens is 314 g/mol. The van der Waals surface area contributed by atoms with Gasteiger partial charge < -0.3 is 4.74 Å². The van der Waals surface area contributed by atoms with Crippen molar-refractivity contribution in [3.63, 3.8) is 0 Å². The summed E-state index contributed by atoms with van der Waals surface area (Å²) in [7, 11) is 1.38. The van der Waals surface area contributed by atoms with Crippen LogP contribution in [0.1, 0.15) is 20.9 Å². The molecule has 0 aliphatic heterocycles. The number of thiazole rings is 1. The number of ether oxygens (including phenoxy) is 1. The van der Waals surface area contributed by atoms with Crippen molar-refractivity contribution in [2.45, 2.75) is 13.8 Å². The summed E-state index contributed by atoms with van der Waals surface area (Å²) < 4.78 is 5.71. The predicted octanol–water partition coefficient (Wildman–Crippen LogP) is 3.98. The van der Waals surface area contributed by atoms with Gasteiger partial charge >= 0.3 is 5.97 Å². The number of hydrogen-bond acceptors (Lipinski definition) is 4. The largest absolute Gasteiger partial charge is 0.465 e. The van der Waals surface area contributed by atoms with Crippen LogP contribution in [0.5, 0.6) is 0 Å². The summed E-state index contributed by atoms with van der Waals surface area (Å²) in [6.45, 7) is 3.84. The molecule has 0 unspecified atom stereocenters. The summed E-state index contributed by atoms with van der Waals surface area (Å²) in [4.78, 5) is 16.5. The molecule has 2 rings (SSSR count). The molecule has 3 nitrogen and oxygen atoms in total. The molecule has 18 heavy (non-hydrogen) atoms. The number of aryl methyl sites for hydroxylation is 2. The number of hydrogen-bond donors (Lipinski definition) is 0. The number of aromatic nitrogens is 1. The van der Waals surface area contributed by atoms with Crippen molar-refractivity contribution in [3.8, 4) is 10.6 Å². The second-order valence-electron chi connectivity index (χ2n) is 3.91. The third kappa shape index (κ3) is 2.47. The number of benzene rings is 1. The Morgan fingerprint density at radius 2 is 2.11 bits per heavy atom. The standard InChI is InChI=1S/C13H12BrNO2S/c1-7-4-5-9(10(14)6-7)12-15-8(2)11(18-12)13(16)17-3/h4-6H,1-3H3. The van der Waals surface area contributed by atoms with Gasteiger partial charge in [0, 0.05) is 10.0 Å². The van der Waals surface area contributed by atoms with Gasteiger partial charge in [0.15, 0.2) is 0 Å². The fourth-order valence-electron chi connectivity index (χ4n) is 1.59. The molecule has 0 bridgehead atoms. The first-order valence-electron chi connectivity index (χ1n) is 5.35. The molecule has 1 aromatic carbocycles. The Bertz CT molecular complexity index is 607. The number of rotatable bonds is 2. The maximum atomic E-state index is 11.6. The van der Waals surface area contributed by atoms with Gasteiger partial charge in [-0.3, -0.25) is 0 Å². The van der Waals surface area contributed by atoms with Crippen molar-refractivity contribution in [1.29, 1.82) is 0 Å². The van der Waals surface area contributed by atoms with Crippen LogP contribution in [0.25, 0.3) is 10.6 Å². The smallest absolute Gasteiger partial charge is 0.349 e. The van der Waals surface area contributed by atoms with Crippen LogP contribution >= 0.6 is 27.3 Å². The molecular formula is C13H12BrNO2S. The van der Waals surface area contributed by atoms with Crippen LogP contribution in [0, 0.1) is 13.8 Å². The molecule has 5 heteroatoms. The van der Waals surface area contributed by atoms with Gasteiger partial charge in [0.2, 0.25) is 0 Å². The lowest BCUT2D eigenvalue weighted by molar-refractivity contribution is 0.0605. The second kappa shape index (κ2) is 5.20. The van der Waals surface area contributed by atoms with Crippen molar-refractivity contribution >= 4 is 33.2 Å². The third-order valence-corrected chi connectivity index (χ3v) is 4.35. The zero-order valence-electron chi connectivity index (χ0n) is 10.3. The highest BCUT2D eigenvalue weighted by atomic mass is 79.9. The topological polar surface area (TPSA) is 39.2 Å². The predicted molar refractivity (Wildman–Crippen MR) is 76.1 cm³/mol. The molecule has 0 N–H and O–H groups in total. The highest BCUT2D eigenvalue weighted by Gasteiger charge is 2.17. The van der Waals surface area contributed by atoms with Crippen LogP contribution in [0.15, 0.2) is 22.7 Å². The maximum Gasteiger partial charge on any atom is 0.349 e. The highest BCUT2D eigenvalue weighted by molar-refractivity contribution is 9.10. The zero-order valence-corrected chi connectivity index (χ0v) is 12.7. The molecule has 0 saturated carbocycles. The fraction of sp³-hybridized carbons (Fsp3) is 0.231. The maximum absolute atomic E-state index is 11.6. The SMILES string of the molecule is COC(=O)c1sc(-c2ccc(C)cc2Br)nc1C. The van der Waals surface area contributed by atoms with Gasteiger partial charge in [-0.25, -0.2) is 9.78 Å². The number of methoxy groups -OCH3 is 1. The van der Waals surface area contributed by atoms with Gasteiger partial charge in [0.1, 0.15) is 9.88 Å². The number of nitrogens with zero attached hydrogens (tertiary/aromatic N) is 1. The monoisotopic (exact) mass is 325 g/mol. The van der Waals surface area contributed by atoms with Crippen molar-refractivity contribution in [1.82, 2.24) is 4.98 Å². The number of esters is 1. The summed E-state index contributed by atoms with van der Waals surface area (Å²) in [6, 6.07) is 6.05. The molecule has 1 heterocycles. The number of halogens is 1. The third-order valence-electron chi connectivity index (χ3n) is 2.52. The lowest BCUT2D eigenvalue weighted by Gasteiger charge is -2.01. The quantitative estimate of drug-likeness (QED) is 0.784. The Labute approximate surface area is 118 Å². The first-order chi connectivity index (χ1) is 8.52. The number of carbonyl (C=O) groups is 1. The van der Waals surface area contributed by atoms with Crippen LogP contribution in [-0.2, 0) is 4.74 Å². The highest BCUT2D eigenvalue weighted by Crippen LogP contribution is 2.33. The first kappa shape index (κ1) is 13.2. The minimum atomic E-state index is -0.334. The van der Waals surface area contributed by atoms with E-state index >= 15 is 0 Å². The molecule has 1 aromatic heterocycles. The lowest BCUT2D eigenvalue weighted by atomic mass is 10.2. The summed E-state index contributed by atoms with van der Waals surface area (Å²) in [5.41, 5.74) is 2.87. The number of carbonyl (C=O) groups excluding carboxylic acids is 1. The Morgan fingerprint density at radius 3 is 2.72 bits per heavy atom. The van der Waals surface area contributed by atoms with E-state index in [1.807, 2.05) is 32.0 Å². The Morgan fingerprint density at radius 1 is 1.39 bits per heavy atom. The van der Waals surface area contributed by atoms with Crippen LogP contribution in [0.2, 0.25) is 0 Å². The van der Waals surface area contributed by atoms with Gasteiger partial charge in [-0.15, -0.1) is 11.3 Å². The van der Waals surface area contributed by atoms with Crippen LogP contribution in [0.4, 0.5) is 0 Å². The summed E-state index contributed by atoms with van der Waals surface area (Å²) in [5.74, 6) is -0.334. The van der Waals surface area contributed by atoms with Gasteiger partial charge in [0.05, 0.1) is 12.8 Å². The molecule has 0 amide bonds. The van der Waals surface area contributed by atoms with Crippen molar-refractivity contribution in [3.05, 3.63) is 38.8 Å².